The van der Waals surface area contributed by atoms with E-state index in [1.807, 2.05) is 31.2 Å². The number of benzene rings is 2. The molecule has 0 saturated heterocycles. The van der Waals surface area contributed by atoms with Gasteiger partial charge in [0.2, 0.25) is 0 Å². The summed E-state index contributed by atoms with van der Waals surface area (Å²) in [5.41, 5.74) is 2.31. The third-order valence-corrected chi connectivity index (χ3v) is 4.32. The van der Waals surface area contributed by atoms with Crippen molar-refractivity contribution in [2.75, 3.05) is 0 Å². The lowest BCUT2D eigenvalue weighted by Gasteiger charge is -2.13. The van der Waals surface area contributed by atoms with Crippen molar-refractivity contribution in [2.45, 2.75) is 19.4 Å². The van der Waals surface area contributed by atoms with Gasteiger partial charge >= 0.3 is 0 Å². The van der Waals surface area contributed by atoms with Crippen molar-refractivity contribution in [2.24, 2.45) is 0 Å². The van der Waals surface area contributed by atoms with E-state index in [9.17, 15) is 5.11 Å². The van der Waals surface area contributed by atoms with Crippen LogP contribution in [0.2, 0.25) is 10.0 Å². The number of rotatable bonds is 3. The van der Waals surface area contributed by atoms with Gasteiger partial charge in [0, 0.05) is 27.4 Å². The van der Waals surface area contributed by atoms with Gasteiger partial charge in [0.05, 0.1) is 6.10 Å². The van der Waals surface area contributed by atoms with Gasteiger partial charge < -0.3 is 9.52 Å². The number of furan rings is 1. The summed E-state index contributed by atoms with van der Waals surface area (Å²) in [6.07, 6.45) is -0.367. The van der Waals surface area contributed by atoms with E-state index >= 15 is 0 Å². The SMILES string of the molecule is Cc1oc2ccccc2c1C(O)Cc1c(Cl)cccc1Cl. The maximum absolute atomic E-state index is 10.6. The Kier molecular flexibility index (Phi) is 3.94. The lowest BCUT2D eigenvalue weighted by Crippen LogP contribution is -2.03. The summed E-state index contributed by atoms with van der Waals surface area (Å²) >= 11 is 12.3. The van der Waals surface area contributed by atoms with Crippen LogP contribution >= 0.6 is 23.2 Å². The van der Waals surface area contributed by atoms with E-state index in [0.29, 0.717) is 22.2 Å². The van der Waals surface area contributed by atoms with Crippen LogP contribution in [0.1, 0.15) is 23.0 Å². The zero-order chi connectivity index (χ0) is 15.0. The predicted molar refractivity (Wildman–Crippen MR) is 86.1 cm³/mol. The van der Waals surface area contributed by atoms with Crippen molar-refractivity contribution in [1.29, 1.82) is 0 Å². The summed E-state index contributed by atoms with van der Waals surface area (Å²) in [7, 11) is 0. The van der Waals surface area contributed by atoms with Crippen LogP contribution in [-0.2, 0) is 6.42 Å². The molecule has 2 nitrogen and oxygen atoms in total. The monoisotopic (exact) mass is 320 g/mol. The minimum atomic E-state index is -0.717. The molecule has 0 fully saturated rings. The zero-order valence-corrected chi connectivity index (χ0v) is 12.9. The standard InChI is InChI=1S/C17H14Cl2O2/c1-10-17(11-5-2-3-8-16(11)21-10)15(20)9-12-13(18)6-4-7-14(12)19/h2-8,15,20H,9H2,1H3. The highest BCUT2D eigenvalue weighted by Crippen LogP contribution is 2.35. The minimum absolute atomic E-state index is 0.350. The number of hydrogen-bond acceptors (Lipinski definition) is 2. The zero-order valence-electron chi connectivity index (χ0n) is 11.4. The first-order chi connectivity index (χ1) is 10.1. The average molecular weight is 321 g/mol. The minimum Gasteiger partial charge on any atom is -0.461 e. The Hall–Kier alpha value is -1.48. The lowest BCUT2D eigenvalue weighted by atomic mass is 9.99. The summed E-state index contributed by atoms with van der Waals surface area (Å²) in [5, 5.41) is 12.7. The Bertz CT molecular complexity index is 772. The number of halogens is 2. The van der Waals surface area contributed by atoms with Crippen LogP contribution in [0.25, 0.3) is 11.0 Å². The van der Waals surface area contributed by atoms with Crippen LogP contribution in [0.3, 0.4) is 0 Å². The molecule has 0 amide bonds. The molecule has 0 bridgehead atoms. The van der Waals surface area contributed by atoms with E-state index in [4.69, 9.17) is 27.6 Å². The van der Waals surface area contributed by atoms with Crippen LogP contribution in [0.4, 0.5) is 0 Å². The smallest absolute Gasteiger partial charge is 0.134 e. The van der Waals surface area contributed by atoms with Crippen LogP contribution in [-0.4, -0.2) is 5.11 Å². The molecule has 3 aromatic rings. The quantitative estimate of drug-likeness (QED) is 0.708. The first kappa shape index (κ1) is 14.5. The molecule has 1 aromatic heterocycles. The van der Waals surface area contributed by atoms with Crippen molar-refractivity contribution in [3.8, 4) is 0 Å². The van der Waals surface area contributed by atoms with Gasteiger partial charge in [-0.3, -0.25) is 0 Å². The Morgan fingerprint density at radius 3 is 2.43 bits per heavy atom. The van der Waals surface area contributed by atoms with Crippen molar-refractivity contribution < 1.29 is 9.52 Å². The fraction of sp³-hybridized carbons (Fsp3) is 0.176. The highest BCUT2D eigenvalue weighted by molar-refractivity contribution is 6.36. The summed E-state index contributed by atoms with van der Waals surface area (Å²) in [6.45, 7) is 1.85. The number of para-hydroxylation sites is 1. The largest absolute Gasteiger partial charge is 0.461 e. The normalized spacial score (nSPS) is 12.8. The summed E-state index contributed by atoms with van der Waals surface area (Å²) in [6, 6.07) is 13.0. The molecule has 1 atom stereocenters. The van der Waals surface area contributed by atoms with E-state index in [1.165, 1.54) is 0 Å². The lowest BCUT2D eigenvalue weighted by molar-refractivity contribution is 0.177. The summed E-state index contributed by atoms with van der Waals surface area (Å²) in [5.74, 6) is 0.715. The van der Waals surface area contributed by atoms with E-state index in [2.05, 4.69) is 0 Å². The molecule has 3 rings (SSSR count). The molecule has 21 heavy (non-hydrogen) atoms. The average Bonchev–Trinajstić information content (AvgIpc) is 2.78. The molecule has 4 heteroatoms. The Morgan fingerprint density at radius 2 is 1.71 bits per heavy atom. The third-order valence-electron chi connectivity index (χ3n) is 3.61. The first-order valence-electron chi connectivity index (χ1n) is 6.67. The van der Waals surface area contributed by atoms with Crippen molar-refractivity contribution in [3.63, 3.8) is 0 Å². The van der Waals surface area contributed by atoms with Crippen molar-refractivity contribution >= 4 is 34.2 Å². The van der Waals surface area contributed by atoms with Crippen LogP contribution < -0.4 is 0 Å². The number of hydrogen-bond donors (Lipinski definition) is 1. The van der Waals surface area contributed by atoms with Gasteiger partial charge in [-0.25, -0.2) is 0 Å². The van der Waals surface area contributed by atoms with Crippen molar-refractivity contribution in [1.82, 2.24) is 0 Å². The van der Waals surface area contributed by atoms with Gasteiger partial charge in [-0.05, 0) is 30.7 Å². The van der Waals surface area contributed by atoms with E-state index in [-0.39, 0.29) is 0 Å². The van der Waals surface area contributed by atoms with E-state index in [1.54, 1.807) is 18.2 Å². The number of fused-ring (bicyclic) bond motifs is 1. The second kappa shape index (κ2) is 5.72. The predicted octanol–water partition coefficient (Wildman–Crippen LogP) is 5.32. The Balaban J connectivity index is 2.01. The maximum Gasteiger partial charge on any atom is 0.134 e. The molecular weight excluding hydrogens is 307 g/mol. The molecule has 1 N–H and O–H groups in total. The van der Waals surface area contributed by atoms with E-state index < -0.39 is 6.10 Å². The molecule has 2 aromatic carbocycles. The first-order valence-corrected chi connectivity index (χ1v) is 7.42. The molecule has 108 valence electrons. The molecule has 0 radical (unpaired) electrons. The Labute approximate surface area is 132 Å². The number of aryl methyl sites for hydroxylation is 1. The van der Waals surface area contributed by atoms with Gasteiger partial charge in [0.1, 0.15) is 11.3 Å². The molecule has 0 aliphatic rings. The Morgan fingerprint density at radius 1 is 1.05 bits per heavy atom. The molecule has 0 aliphatic heterocycles. The second-order valence-electron chi connectivity index (χ2n) is 4.99. The molecule has 0 saturated carbocycles. The number of aliphatic hydroxyl groups is 1. The fourth-order valence-electron chi connectivity index (χ4n) is 2.62. The maximum atomic E-state index is 10.6. The van der Waals surface area contributed by atoms with Crippen LogP contribution in [0.15, 0.2) is 46.9 Å². The molecule has 1 heterocycles. The molecule has 1 unspecified atom stereocenters. The van der Waals surface area contributed by atoms with Gasteiger partial charge in [-0.2, -0.15) is 0 Å². The van der Waals surface area contributed by atoms with Gasteiger partial charge in [0.25, 0.3) is 0 Å². The van der Waals surface area contributed by atoms with Crippen LogP contribution in [0.5, 0.6) is 0 Å². The number of aliphatic hydroxyl groups excluding tert-OH is 1. The summed E-state index contributed by atoms with van der Waals surface area (Å²) < 4.78 is 5.69. The van der Waals surface area contributed by atoms with E-state index in [0.717, 1.165) is 22.1 Å². The second-order valence-corrected chi connectivity index (χ2v) is 5.80. The van der Waals surface area contributed by atoms with Crippen LogP contribution in [0, 0.1) is 6.92 Å². The third kappa shape index (κ3) is 2.67. The van der Waals surface area contributed by atoms with Crippen molar-refractivity contribution in [3.05, 3.63) is 69.4 Å². The van der Waals surface area contributed by atoms with Gasteiger partial charge in [0.15, 0.2) is 0 Å². The topological polar surface area (TPSA) is 33.4 Å². The highest BCUT2D eigenvalue weighted by atomic mass is 35.5. The van der Waals surface area contributed by atoms with Gasteiger partial charge in [-0.1, -0.05) is 47.5 Å². The molecular formula is C17H14Cl2O2. The van der Waals surface area contributed by atoms with Gasteiger partial charge in [-0.15, -0.1) is 0 Å². The fourth-order valence-corrected chi connectivity index (χ4v) is 3.18. The molecule has 0 spiro atoms. The highest BCUT2D eigenvalue weighted by Gasteiger charge is 2.20. The summed E-state index contributed by atoms with van der Waals surface area (Å²) in [4.78, 5) is 0. The molecule has 0 aliphatic carbocycles.